The summed E-state index contributed by atoms with van der Waals surface area (Å²) in [5.41, 5.74) is 0.898. The molecule has 9 nitrogen and oxygen atoms in total. The topological polar surface area (TPSA) is 98.1 Å². The first kappa shape index (κ1) is 21.2. The smallest absolute Gasteiger partial charge is 0.236 e. The highest BCUT2D eigenvalue weighted by Gasteiger charge is 2.20. The van der Waals surface area contributed by atoms with Crippen molar-refractivity contribution in [2.45, 2.75) is 18.6 Å². The minimum Gasteiger partial charge on any atom is -0.379 e. The third-order valence-corrected chi connectivity index (χ3v) is 6.29. The molecule has 3 heterocycles. The molecular formula is C18H20ClN7O2S2. The van der Waals surface area contributed by atoms with Gasteiger partial charge < -0.3 is 4.74 Å². The molecule has 1 aliphatic heterocycles. The summed E-state index contributed by atoms with van der Waals surface area (Å²) in [7, 11) is 0. The van der Waals surface area contributed by atoms with Gasteiger partial charge in [-0.25, -0.2) is 0 Å². The number of benzene rings is 1. The zero-order chi connectivity index (χ0) is 20.9. The highest BCUT2D eigenvalue weighted by Crippen LogP contribution is 2.25. The zero-order valence-corrected chi connectivity index (χ0v) is 18.6. The number of nitrogens with zero attached hydrogens (tertiary/aromatic N) is 6. The van der Waals surface area contributed by atoms with Gasteiger partial charge >= 0.3 is 0 Å². The number of nitrogens with one attached hydrogen (secondary N) is 1. The van der Waals surface area contributed by atoms with E-state index in [1.54, 1.807) is 0 Å². The third kappa shape index (κ3) is 5.35. The van der Waals surface area contributed by atoms with Gasteiger partial charge in [-0.05, 0) is 31.2 Å². The van der Waals surface area contributed by atoms with Crippen LogP contribution in [0.15, 0.2) is 29.4 Å². The van der Waals surface area contributed by atoms with Crippen LogP contribution < -0.4 is 5.32 Å². The maximum Gasteiger partial charge on any atom is 0.236 e. The van der Waals surface area contributed by atoms with Gasteiger partial charge in [-0.1, -0.05) is 34.7 Å². The number of thioether (sulfide) groups is 1. The fraction of sp³-hybridized carbons (Fsp3) is 0.389. The predicted octanol–water partition coefficient (Wildman–Crippen LogP) is 2.64. The van der Waals surface area contributed by atoms with Gasteiger partial charge in [0, 0.05) is 23.8 Å². The van der Waals surface area contributed by atoms with E-state index in [-0.39, 0.29) is 11.7 Å². The molecule has 1 amide bonds. The Kier molecular flexibility index (Phi) is 6.95. The molecule has 1 N–H and O–H groups in total. The van der Waals surface area contributed by atoms with E-state index >= 15 is 0 Å². The second-order valence-electron chi connectivity index (χ2n) is 6.56. The van der Waals surface area contributed by atoms with Crippen LogP contribution in [0.5, 0.6) is 0 Å². The fourth-order valence-electron chi connectivity index (χ4n) is 2.94. The number of halogens is 1. The Morgan fingerprint density at radius 2 is 1.97 bits per heavy atom. The molecule has 0 saturated carbocycles. The summed E-state index contributed by atoms with van der Waals surface area (Å²) in [5.74, 6) is 0.820. The molecule has 0 radical (unpaired) electrons. The average Bonchev–Trinajstić information content (AvgIpc) is 3.33. The van der Waals surface area contributed by atoms with Crippen molar-refractivity contribution in [2.75, 3.05) is 37.4 Å². The number of amides is 1. The lowest BCUT2D eigenvalue weighted by Crippen LogP contribution is -2.36. The molecule has 2 aromatic heterocycles. The summed E-state index contributed by atoms with van der Waals surface area (Å²) < 4.78 is 7.40. The highest BCUT2D eigenvalue weighted by molar-refractivity contribution is 7.99. The number of aryl methyl sites for hydroxylation is 1. The van der Waals surface area contributed by atoms with Gasteiger partial charge in [0.25, 0.3) is 0 Å². The lowest BCUT2D eigenvalue weighted by atomic mass is 10.3. The highest BCUT2D eigenvalue weighted by atomic mass is 35.5. The molecule has 0 unspecified atom stereocenters. The van der Waals surface area contributed by atoms with Gasteiger partial charge in [-0.2, -0.15) is 0 Å². The van der Waals surface area contributed by atoms with Crippen molar-refractivity contribution in [1.29, 1.82) is 0 Å². The first-order valence-electron chi connectivity index (χ1n) is 9.31. The standard InChI is InChI=1S/C18H20ClN7O2S2/c1-12-21-23-17(30-12)20-16(27)11-29-18-24-22-15(10-25-6-8-28-9-7-25)26(18)14-4-2-13(19)3-5-14/h2-5H,6-11H2,1H3,(H,20,23,27). The van der Waals surface area contributed by atoms with Crippen LogP contribution in [-0.2, 0) is 16.1 Å². The molecule has 1 aromatic carbocycles. The molecule has 4 rings (SSSR count). The second kappa shape index (κ2) is 9.84. The molecule has 0 atom stereocenters. The van der Waals surface area contributed by atoms with E-state index in [1.165, 1.54) is 23.1 Å². The van der Waals surface area contributed by atoms with Crippen LogP contribution in [0.4, 0.5) is 5.13 Å². The van der Waals surface area contributed by atoms with Crippen LogP contribution in [0, 0.1) is 6.92 Å². The number of carbonyl (C=O) groups excluding carboxylic acids is 1. The van der Waals surface area contributed by atoms with E-state index in [2.05, 4.69) is 30.6 Å². The van der Waals surface area contributed by atoms with Gasteiger partial charge in [0.2, 0.25) is 11.0 Å². The van der Waals surface area contributed by atoms with Crippen LogP contribution in [0.25, 0.3) is 5.69 Å². The quantitative estimate of drug-likeness (QED) is 0.532. The maximum atomic E-state index is 12.3. The van der Waals surface area contributed by atoms with E-state index < -0.39 is 0 Å². The van der Waals surface area contributed by atoms with Crippen molar-refractivity contribution in [3.8, 4) is 5.69 Å². The van der Waals surface area contributed by atoms with Gasteiger partial charge in [0.05, 0.1) is 25.5 Å². The lowest BCUT2D eigenvalue weighted by Gasteiger charge is -2.26. The van der Waals surface area contributed by atoms with Crippen molar-refractivity contribution < 1.29 is 9.53 Å². The Balaban J connectivity index is 1.51. The molecule has 0 spiro atoms. The summed E-state index contributed by atoms with van der Waals surface area (Å²) in [4.78, 5) is 14.6. The first-order valence-corrected chi connectivity index (χ1v) is 11.5. The molecule has 1 aliphatic rings. The van der Waals surface area contributed by atoms with Crippen molar-refractivity contribution in [3.63, 3.8) is 0 Å². The fourth-order valence-corrected chi connectivity index (χ4v) is 4.44. The summed E-state index contributed by atoms with van der Waals surface area (Å²) in [6, 6.07) is 7.49. The van der Waals surface area contributed by atoms with Gasteiger partial charge in [0.1, 0.15) is 5.01 Å². The molecular weight excluding hydrogens is 446 g/mol. The Labute approximate surface area is 186 Å². The number of hydrogen-bond donors (Lipinski definition) is 1. The van der Waals surface area contributed by atoms with Crippen LogP contribution in [0.3, 0.4) is 0 Å². The second-order valence-corrected chi connectivity index (χ2v) is 9.12. The molecule has 3 aromatic rings. The van der Waals surface area contributed by atoms with Crippen molar-refractivity contribution in [3.05, 3.63) is 40.1 Å². The normalized spacial score (nSPS) is 14.7. The van der Waals surface area contributed by atoms with E-state index in [0.29, 0.717) is 35.1 Å². The number of hydrogen-bond acceptors (Lipinski definition) is 9. The summed E-state index contributed by atoms with van der Waals surface area (Å²) in [5, 5.41) is 21.9. The number of anilines is 1. The number of morpholine rings is 1. The van der Waals surface area contributed by atoms with Crippen LogP contribution >= 0.6 is 34.7 Å². The average molecular weight is 466 g/mol. The number of carbonyl (C=O) groups is 1. The Hall–Kier alpha value is -2.05. The summed E-state index contributed by atoms with van der Waals surface area (Å²) in [6.07, 6.45) is 0. The Bertz CT molecular complexity index is 1000. The largest absolute Gasteiger partial charge is 0.379 e. The number of ether oxygens (including phenoxy) is 1. The summed E-state index contributed by atoms with van der Waals surface area (Å²) in [6.45, 7) is 5.60. The molecule has 0 bridgehead atoms. The molecule has 1 fully saturated rings. The van der Waals surface area contributed by atoms with Crippen molar-refractivity contribution in [1.82, 2.24) is 29.9 Å². The van der Waals surface area contributed by atoms with Crippen molar-refractivity contribution in [2.24, 2.45) is 0 Å². The van der Waals surface area contributed by atoms with Crippen molar-refractivity contribution >= 4 is 45.7 Å². The minimum absolute atomic E-state index is 0.170. The van der Waals surface area contributed by atoms with E-state index in [0.717, 1.165) is 29.6 Å². The van der Waals surface area contributed by atoms with Crippen LogP contribution in [0.2, 0.25) is 5.02 Å². The van der Waals surface area contributed by atoms with Gasteiger partial charge in [-0.3, -0.25) is 19.6 Å². The van der Waals surface area contributed by atoms with Gasteiger partial charge in [-0.15, -0.1) is 20.4 Å². The number of rotatable bonds is 7. The first-order chi connectivity index (χ1) is 14.6. The lowest BCUT2D eigenvalue weighted by molar-refractivity contribution is -0.113. The number of aromatic nitrogens is 5. The molecule has 1 saturated heterocycles. The van der Waals surface area contributed by atoms with Crippen LogP contribution in [0.1, 0.15) is 10.8 Å². The van der Waals surface area contributed by atoms with E-state index in [9.17, 15) is 4.79 Å². The summed E-state index contributed by atoms with van der Waals surface area (Å²) >= 11 is 8.72. The van der Waals surface area contributed by atoms with Gasteiger partial charge in [0.15, 0.2) is 11.0 Å². The van der Waals surface area contributed by atoms with E-state index in [4.69, 9.17) is 16.3 Å². The Morgan fingerprint density at radius 1 is 1.20 bits per heavy atom. The predicted molar refractivity (Wildman–Crippen MR) is 116 cm³/mol. The monoisotopic (exact) mass is 465 g/mol. The SMILES string of the molecule is Cc1nnc(NC(=O)CSc2nnc(CN3CCOCC3)n2-c2ccc(Cl)cc2)s1. The third-order valence-electron chi connectivity index (χ3n) is 4.36. The molecule has 158 valence electrons. The molecule has 0 aliphatic carbocycles. The maximum absolute atomic E-state index is 12.3. The minimum atomic E-state index is -0.170. The Morgan fingerprint density at radius 3 is 2.67 bits per heavy atom. The molecule has 12 heteroatoms. The van der Waals surface area contributed by atoms with Crippen LogP contribution in [-0.4, -0.2) is 67.8 Å². The molecule has 30 heavy (non-hydrogen) atoms. The van der Waals surface area contributed by atoms with E-state index in [1.807, 2.05) is 35.8 Å². The zero-order valence-electron chi connectivity index (χ0n) is 16.2.